The molecule has 0 atom stereocenters. The molecule has 1 amide bonds. The molecule has 1 saturated heterocycles. The van der Waals surface area contributed by atoms with Gasteiger partial charge in [0.05, 0.1) is 14.2 Å². The third-order valence-corrected chi connectivity index (χ3v) is 5.36. The van der Waals surface area contributed by atoms with Crippen molar-refractivity contribution in [1.82, 2.24) is 4.90 Å². The highest BCUT2D eigenvalue weighted by Gasteiger charge is 2.44. The first-order chi connectivity index (χ1) is 11.3. The van der Waals surface area contributed by atoms with Gasteiger partial charge in [0.25, 0.3) is 0 Å². The summed E-state index contributed by atoms with van der Waals surface area (Å²) in [6, 6.07) is 4.13. The number of hydrogen-bond acceptors (Lipinski definition) is 4. The molecule has 1 N–H and O–H groups in total. The largest absolute Gasteiger partial charge is 0.493 e. The zero-order valence-corrected chi connectivity index (χ0v) is 15.4. The van der Waals surface area contributed by atoms with Gasteiger partial charge in [-0.15, -0.1) is 0 Å². The van der Waals surface area contributed by atoms with E-state index in [-0.39, 0.29) is 16.7 Å². The quantitative estimate of drug-likeness (QED) is 0.904. The van der Waals surface area contributed by atoms with Gasteiger partial charge in [-0.05, 0) is 24.5 Å². The van der Waals surface area contributed by atoms with Gasteiger partial charge in [-0.25, -0.2) is 0 Å². The Hall–Kier alpha value is -1.91. The van der Waals surface area contributed by atoms with Crippen molar-refractivity contribution in [3.8, 4) is 11.5 Å². The van der Waals surface area contributed by atoms with E-state index in [2.05, 4.69) is 11.4 Å². The van der Waals surface area contributed by atoms with Gasteiger partial charge in [0.2, 0.25) is 5.91 Å². The van der Waals surface area contributed by atoms with E-state index in [0.717, 1.165) is 49.7 Å². The molecular weight excluding hydrogens is 304 g/mol. The summed E-state index contributed by atoms with van der Waals surface area (Å²) in [5.41, 5.74) is 2.20. The number of methoxy groups -OCH3 is 2. The topological polar surface area (TPSA) is 50.8 Å². The van der Waals surface area contributed by atoms with E-state index in [1.807, 2.05) is 31.7 Å². The van der Waals surface area contributed by atoms with Crippen LogP contribution in [0.3, 0.4) is 0 Å². The molecule has 1 aromatic rings. The van der Waals surface area contributed by atoms with Crippen LogP contribution in [0.2, 0.25) is 0 Å². The molecule has 2 aliphatic rings. The van der Waals surface area contributed by atoms with Gasteiger partial charge >= 0.3 is 0 Å². The Balaban J connectivity index is 1.83. The summed E-state index contributed by atoms with van der Waals surface area (Å²) < 4.78 is 10.9. The van der Waals surface area contributed by atoms with Gasteiger partial charge in [-0.2, -0.15) is 0 Å². The zero-order valence-electron chi connectivity index (χ0n) is 15.4. The minimum absolute atomic E-state index is 0.0869. The monoisotopic (exact) mass is 332 g/mol. The molecule has 1 spiro atoms. The van der Waals surface area contributed by atoms with Crippen molar-refractivity contribution < 1.29 is 14.3 Å². The second-order valence-electron chi connectivity index (χ2n) is 7.93. The van der Waals surface area contributed by atoms with Gasteiger partial charge in [-0.3, -0.25) is 4.79 Å². The second kappa shape index (κ2) is 5.87. The molecule has 3 rings (SSSR count). The lowest BCUT2D eigenvalue weighted by Crippen LogP contribution is -2.49. The summed E-state index contributed by atoms with van der Waals surface area (Å²) in [5.74, 6) is 1.77. The highest BCUT2D eigenvalue weighted by molar-refractivity contribution is 5.81. The van der Waals surface area contributed by atoms with E-state index in [9.17, 15) is 4.79 Å². The molecule has 2 aliphatic heterocycles. The first-order valence-electron chi connectivity index (χ1n) is 8.60. The van der Waals surface area contributed by atoms with Crippen LogP contribution in [0.25, 0.3) is 0 Å². The number of rotatable bonds is 2. The number of nitrogens with zero attached hydrogens (tertiary/aromatic N) is 1. The van der Waals surface area contributed by atoms with Crippen molar-refractivity contribution in [1.29, 1.82) is 0 Å². The van der Waals surface area contributed by atoms with Crippen molar-refractivity contribution in [2.75, 3.05) is 39.2 Å². The minimum Gasteiger partial charge on any atom is -0.493 e. The van der Waals surface area contributed by atoms with Gasteiger partial charge in [-0.1, -0.05) is 20.8 Å². The zero-order chi connectivity index (χ0) is 17.5. The molecule has 132 valence electrons. The van der Waals surface area contributed by atoms with Crippen LogP contribution in [0.1, 0.15) is 39.2 Å². The Labute approximate surface area is 144 Å². The fourth-order valence-electron chi connectivity index (χ4n) is 3.88. The van der Waals surface area contributed by atoms with E-state index in [1.54, 1.807) is 14.2 Å². The SMILES string of the molecule is COc1cc2c(cc1OC)C1(CCN(C(=O)C(C)(C)C)CC1)CN2. The normalized spacial score (nSPS) is 19.0. The van der Waals surface area contributed by atoms with Crippen LogP contribution in [0, 0.1) is 5.41 Å². The molecule has 0 bridgehead atoms. The molecule has 0 aromatic heterocycles. The number of ether oxygens (including phenoxy) is 2. The predicted molar refractivity (Wildman–Crippen MR) is 95.0 cm³/mol. The third-order valence-electron chi connectivity index (χ3n) is 5.36. The van der Waals surface area contributed by atoms with Crippen molar-refractivity contribution in [2.45, 2.75) is 39.0 Å². The van der Waals surface area contributed by atoms with Gasteiger partial charge in [0, 0.05) is 42.2 Å². The predicted octanol–water partition coefficient (Wildman–Crippen LogP) is 3.04. The summed E-state index contributed by atoms with van der Waals surface area (Å²) in [6.07, 6.45) is 1.95. The van der Waals surface area contributed by atoms with Crippen molar-refractivity contribution in [2.24, 2.45) is 5.41 Å². The molecular formula is C19H28N2O3. The molecule has 0 radical (unpaired) electrons. The number of carbonyl (C=O) groups is 1. The van der Waals surface area contributed by atoms with Crippen LogP contribution >= 0.6 is 0 Å². The Morgan fingerprint density at radius 1 is 1.12 bits per heavy atom. The number of anilines is 1. The maximum atomic E-state index is 12.5. The molecule has 2 heterocycles. The van der Waals surface area contributed by atoms with Crippen LogP contribution in [-0.4, -0.2) is 44.7 Å². The van der Waals surface area contributed by atoms with Crippen molar-refractivity contribution in [3.63, 3.8) is 0 Å². The van der Waals surface area contributed by atoms with E-state index >= 15 is 0 Å². The second-order valence-corrected chi connectivity index (χ2v) is 7.93. The molecule has 0 aliphatic carbocycles. The van der Waals surface area contributed by atoms with Gasteiger partial charge in [0.15, 0.2) is 11.5 Å². The smallest absolute Gasteiger partial charge is 0.227 e. The number of hydrogen-bond donors (Lipinski definition) is 1. The number of nitrogens with one attached hydrogen (secondary N) is 1. The molecule has 1 fully saturated rings. The van der Waals surface area contributed by atoms with E-state index in [1.165, 1.54) is 5.56 Å². The Kier molecular flexibility index (Phi) is 4.14. The Morgan fingerprint density at radius 3 is 2.25 bits per heavy atom. The lowest BCUT2D eigenvalue weighted by atomic mass is 9.74. The molecule has 1 aromatic carbocycles. The number of carbonyl (C=O) groups excluding carboxylic acids is 1. The first kappa shape index (κ1) is 16.9. The molecule has 5 nitrogen and oxygen atoms in total. The summed E-state index contributed by atoms with van der Waals surface area (Å²) in [5, 5.41) is 3.52. The molecule has 24 heavy (non-hydrogen) atoms. The van der Waals surface area contributed by atoms with E-state index in [0.29, 0.717) is 0 Å². The Bertz CT molecular complexity index is 641. The summed E-state index contributed by atoms with van der Waals surface area (Å²) >= 11 is 0. The minimum atomic E-state index is -0.313. The summed E-state index contributed by atoms with van der Waals surface area (Å²) in [7, 11) is 3.33. The number of likely N-dealkylation sites (tertiary alicyclic amines) is 1. The average Bonchev–Trinajstić information content (AvgIpc) is 2.90. The molecule has 5 heteroatoms. The van der Waals surface area contributed by atoms with Crippen LogP contribution in [-0.2, 0) is 10.2 Å². The third kappa shape index (κ3) is 2.70. The fraction of sp³-hybridized carbons (Fsp3) is 0.632. The van der Waals surface area contributed by atoms with Crippen molar-refractivity contribution in [3.05, 3.63) is 17.7 Å². The van der Waals surface area contributed by atoms with Gasteiger partial charge in [0.1, 0.15) is 0 Å². The number of piperidine rings is 1. The number of benzene rings is 1. The highest BCUT2D eigenvalue weighted by atomic mass is 16.5. The van der Waals surface area contributed by atoms with E-state index < -0.39 is 0 Å². The van der Waals surface area contributed by atoms with Crippen LogP contribution in [0.15, 0.2) is 12.1 Å². The standard InChI is InChI=1S/C19H28N2O3/c1-18(2,3)17(22)21-8-6-19(7-9-21)12-20-14-11-16(24-5)15(23-4)10-13(14)19/h10-11,20H,6-9,12H2,1-5H3. The van der Waals surface area contributed by atoms with Crippen molar-refractivity contribution >= 4 is 11.6 Å². The first-order valence-corrected chi connectivity index (χ1v) is 8.60. The number of amides is 1. The summed E-state index contributed by atoms with van der Waals surface area (Å²) in [6.45, 7) is 8.50. The maximum absolute atomic E-state index is 12.5. The van der Waals surface area contributed by atoms with Gasteiger partial charge < -0.3 is 19.7 Å². The van der Waals surface area contributed by atoms with Crippen LogP contribution in [0.5, 0.6) is 11.5 Å². The Morgan fingerprint density at radius 2 is 1.71 bits per heavy atom. The molecule has 0 unspecified atom stereocenters. The maximum Gasteiger partial charge on any atom is 0.227 e. The number of fused-ring (bicyclic) bond motifs is 2. The fourth-order valence-corrected chi connectivity index (χ4v) is 3.88. The van der Waals surface area contributed by atoms with Crippen LogP contribution < -0.4 is 14.8 Å². The average molecular weight is 332 g/mol. The van der Waals surface area contributed by atoms with Crippen LogP contribution in [0.4, 0.5) is 5.69 Å². The summed E-state index contributed by atoms with van der Waals surface area (Å²) in [4.78, 5) is 14.5. The molecule has 0 saturated carbocycles. The lowest BCUT2D eigenvalue weighted by molar-refractivity contribution is -0.141. The lowest BCUT2D eigenvalue weighted by Gasteiger charge is -2.41. The highest BCUT2D eigenvalue weighted by Crippen LogP contribution is 2.48. The van der Waals surface area contributed by atoms with E-state index in [4.69, 9.17) is 9.47 Å².